The molecule has 0 spiro atoms. The number of benzene rings is 1. The average Bonchev–Trinajstić information content (AvgIpc) is 2.97. The first-order valence-corrected chi connectivity index (χ1v) is 8.29. The number of rotatable bonds is 3. The number of aromatic nitrogens is 1. The molecule has 2 heterocycles. The first kappa shape index (κ1) is 15.9. The minimum Gasteiger partial charge on any atom is -0.394 e. The van der Waals surface area contributed by atoms with Gasteiger partial charge in [-0.25, -0.2) is 0 Å². The number of aliphatic hydroxyl groups excluding tert-OH is 1. The molecule has 1 aromatic heterocycles. The quantitative estimate of drug-likeness (QED) is 0.812. The number of carbonyl (C=O) groups excluding carboxylic acids is 1. The monoisotopic (exact) mass is 315 g/mol. The molecule has 5 heteroatoms. The van der Waals surface area contributed by atoms with E-state index < -0.39 is 0 Å². The molecule has 0 saturated heterocycles. The van der Waals surface area contributed by atoms with Gasteiger partial charge in [-0.2, -0.15) is 0 Å². The van der Waals surface area contributed by atoms with Crippen LogP contribution in [0.3, 0.4) is 0 Å². The van der Waals surface area contributed by atoms with Gasteiger partial charge in [0.2, 0.25) is 5.91 Å². The lowest BCUT2D eigenvalue weighted by Gasteiger charge is -2.33. The van der Waals surface area contributed by atoms with Crippen LogP contribution in [0.4, 0.5) is 5.69 Å². The summed E-state index contributed by atoms with van der Waals surface area (Å²) in [4.78, 5) is 18.2. The Hall–Kier alpha value is -2.01. The van der Waals surface area contributed by atoms with Crippen molar-refractivity contribution in [2.24, 2.45) is 5.92 Å². The van der Waals surface area contributed by atoms with Crippen molar-refractivity contribution in [1.82, 2.24) is 10.3 Å². The van der Waals surface area contributed by atoms with Crippen LogP contribution in [0.1, 0.15) is 25.8 Å². The summed E-state index contributed by atoms with van der Waals surface area (Å²) < 4.78 is 0. The Kier molecular flexibility index (Phi) is 4.31. The van der Waals surface area contributed by atoms with Crippen molar-refractivity contribution >= 4 is 22.5 Å². The van der Waals surface area contributed by atoms with E-state index in [2.05, 4.69) is 41.2 Å². The summed E-state index contributed by atoms with van der Waals surface area (Å²) in [6.45, 7) is 4.15. The maximum absolute atomic E-state index is 12.8. The van der Waals surface area contributed by atoms with E-state index in [-0.39, 0.29) is 30.5 Å². The van der Waals surface area contributed by atoms with E-state index in [1.807, 2.05) is 19.3 Å². The van der Waals surface area contributed by atoms with Crippen LogP contribution in [0.5, 0.6) is 0 Å². The van der Waals surface area contributed by atoms with Crippen molar-refractivity contribution in [3.05, 3.63) is 30.0 Å². The fraction of sp³-hybridized carbons (Fsp3) is 0.500. The molecular formula is C18H25N3O2. The Bertz CT molecular complexity index is 709. The molecule has 2 aromatic rings. The third-order valence-corrected chi connectivity index (χ3v) is 5.05. The summed E-state index contributed by atoms with van der Waals surface area (Å²) in [6.07, 6.45) is 3.53. The van der Waals surface area contributed by atoms with Crippen molar-refractivity contribution in [2.75, 3.05) is 18.6 Å². The van der Waals surface area contributed by atoms with Crippen LogP contribution in [0.15, 0.2) is 24.4 Å². The van der Waals surface area contributed by atoms with E-state index in [9.17, 15) is 9.90 Å². The third kappa shape index (κ3) is 2.70. The molecule has 0 fully saturated rings. The van der Waals surface area contributed by atoms with E-state index in [4.69, 9.17) is 0 Å². The summed E-state index contributed by atoms with van der Waals surface area (Å²) in [7, 11) is 1.99. The van der Waals surface area contributed by atoms with Gasteiger partial charge in [0.15, 0.2) is 0 Å². The Balaban J connectivity index is 2.18. The highest BCUT2D eigenvalue weighted by Gasteiger charge is 2.32. The van der Waals surface area contributed by atoms with E-state index >= 15 is 0 Å². The average molecular weight is 315 g/mol. The Labute approximate surface area is 136 Å². The van der Waals surface area contributed by atoms with Gasteiger partial charge in [0.25, 0.3) is 0 Å². The maximum atomic E-state index is 12.8. The number of hydrogen-bond donors (Lipinski definition) is 3. The first-order chi connectivity index (χ1) is 11.1. The predicted molar refractivity (Wildman–Crippen MR) is 92.7 cm³/mol. The molecular weight excluding hydrogens is 290 g/mol. The number of amides is 1. The van der Waals surface area contributed by atoms with Crippen LogP contribution in [0, 0.1) is 5.92 Å². The second kappa shape index (κ2) is 6.24. The van der Waals surface area contributed by atoms with Gasteiger partial charge in [-0.15, -0.1) is 0 Å². The van der Waals surface area contributed by atoms with Crippen molar-refractivity contribution in [2.45, 2.75) is 38.8 Å². The zero-order valence-corrected chi connectivity index (χ0v) is 14.0. The van der Waals surface area contributed by atoms with Gasteiger partial charge >= 0.3 is 0 Å². The van der Waals surface area contributed by atoms with E-state index in [1.54, 1.807) is 0 Å². The molecule has 5 nitrogen and oxygen atoms in total. The maximum Gasteiger partial charge on any atom is 0.243 e. The van der Waals surface area contributed by atoms with Crippen molar-refractivity contribution in [1.29, 1.82) is 0 Å². The molecule has 1 aliphatic rings. The SMILES string of the molecule is CC[C@H](C)[C@H]1C(=O)N[C@H](CO)Cc2c[nH]c3cccc(c23)N1C. The minimum absolute atomic E-state index is 0.00737. The second-order valence-electron chi connectivity index (χ2n) is 6.55. The normalized spacial score (nSPS) is 23.1. The largest absolute Gasteiger partial charge is 0.394 e. The molecule has 0 unspecified atom stereocenters. The molecule has 3 atom stereocenters. The fourth-order valence-corrected chi connectivity index (χ4v) is 3.59. The Morgan fingerprint density at radius 3 is 2.91 bits per heavy atom. The summed E-state index contributed by atoms with van der Waals surface area (Å²) in [5.74, 6) is 0.210. The molecule has 1 aliphatic heterocycles. The van der Waals surface area contributed by atoms with Gasteiger partial charge in [0.05, 0.1) is 12.6 Å². The number of carbonyl (C=O) groups is 1. The molecule has 124 valence electrons. The van der Waals surface area contributed by atoms with Crippen molar-refractivity contribution < 1.29 is 9.90 Å². The number of hydrogen-bond acceptors (Lipinski definition) is 3. The topological polar surface area (TPSA) is 68.4 Å². The van der Waals surface area contributed by atoms with Crippen LogP contribution in [0.25, 0.3) is 10.9 Å². The standard InChI is InChI=1S/C18H25N3O2/c1-4-11(2)17-18(23)20-13(10-22)8-12-9-19-14-6-5-7-15(16(12)14)21(17)3/h5-7,9,11,13,17,19,22H,4,8,10H2,1-3H3,(H,20,23)/t11-,13-,17-/m0/s1. The van der Waals surface area contributed by atoms with Gasteiger partial charge in [-0.1, -0.05) is 26.3 Å². The van der Waals surface area contributed by atoms with E-state index in [1.165, 1.54) is 0 Å². The predicted octanol–water partition coefficient (Wildman–Crippen LogP) is 2.05. The molecule has 1 amide bonds. The van der Waals surface area contributed by atoms with Crippen molar-refractivity contribution in [3.8, 4) is 0 Å². The highest BCUT2D eigenvalue weighted by Crippen LogP contribution is 2.33. The van der Waals surface area contributed by atoms with Gasteiger partial charge in [0, 0.05) is 29.8 Å². The van der Waals surface area contributed by atoms with Crippen LogP contribution < -0.4 is 10.2 Å². The zero-order valence-electron chi connectivity index (χ0n) is 14.0. The molecule has 0 aliphatic carbocycles. The number of nitrogens with zero attached hydrogens (tertiary/aromatic N) is 1. The zero-order chi connectivity index (χ0) is 16.6. The Morgan fingerprint density at radius 1 is 1.43 bits per heavy atom. The van der Waals surface area contributed by atoms with E-state index in [0.29, 0.717) is 6.42 Å². The second-order valence-corrected chi connectivity index (χ2v) is 6.55. The lowest BCUT2D eigenvalue weighted by Crippen LogP contribution is -2.52. The van der Waals surface area contributed by atoms with Crippen LogP contribution in [-0.2, 0) is 11.2 Å². The van der Waals surface area contributed by atoms with Gasteiger partial charge < -0.3 is 20.3 Å². The molecule has 3 N–H and O–H groups in total. The summed E-state index contributed by atoms with van der Waals surface area (Å²) in [5.41, 5.74) is 3.27. The number of aliphatic hydroxyl groups is 1. The lowest BCUT2D eigenvalue weighted by molar-refractivity contribution is -0.124. The third-order valence-electron chi connectivity index (χ3n) is 5.05. The summed E-state index contributed by atoms with van der Waals surface area (Å²) in [5, 5.41) is 13.8. The van der Waals surface area contributed by atoms with Gasteiger partial charge in [-0.3, -0.25) is 4.79 Å². The smallest absolute Gasteiger partial charge is 0.243 e. The minimum atomic E-state index is -0.257. The molecule has 3 rings (SSSR count). The van der Waals surface area contributed by atoms with Crippen molar-refractivity contribution in [3.63, 3.8) is 0 Å². The molecule has 0 bridgehead atoms. The van der Waals surface area contributed by atoms with Crippen LogP contribution >= 0.6 is 0 Å². The molecule has 0 radical (unpaired) electrons. The Morgan fingerprint density at radius 2 is 2.22 bits per heavy atom. The highest BCUT2D eigenvalue weighted by atomic mass is 16.3. The van der Waals surface area contributed by atoms with Crippen LogP contribution in [0.2, 0.25) is 0 Å². The molecule has 0 saturated carbocycles. The lowest BCUT2D eigenvalue weighted by atomic mass is 9.96. The number of aromatic amines is 1. The number of anilines is 1. The highest BCUT2D eigenvalue weighted by molar-refractivity contribution is 5.98. The van der Waals surface area contributed by atoms with Gasteiger partial charge in [0.1, 0.15) is 6.04 Å². The fourth-order valence-electron chi connectivity index (χ4n) is 3.59. The summed E-state index contributed by atoms with van der Waals surface area (Å²) in [6, 6.07) is 5.63. The number of likely N-dealkylation sites (N-methyl/N-ethyl adjacent to an activating group) is 1. The summed E-state index contributed by atoms with van der Waals surface area (Å²) >= 11 is 0. The van der Waals surface area contributed by atoms with Gasteiger partial charge in [-0.05, 0) is 30.0 Å². The van der Waals surface area contributed by atoms with E-state index in [0.717, 1.165) is 28.6 Å². The number of nitrogens with one attached hydrogen (secondary N) is 2. The molecule has 1 aromatic carbocycles. The first-order valence-electron chi connectivity index (χ1n) is 8.29. The number of H-pyrrole nitrogens is 1. The van der Waals surface area contributed by atoms with Crippen LogP contribution in [-0.4, -0.2) is 41.7 Å². The molecule has 23 heavy (non-hydrogen) atoms.